The average Bonchev–Trinajstić information content (AvgIpc) is 2.44. The first-order valence-corrected chi connectivity index (χ1v) is 7.83. The molecule has 1 aliphatic heterocycles. The monoisotopic (exact) mass is 271 g/mol. The van der Waals surface area contributed by atoms with Gasteiger partial charge in [0.05, 0.1) is 6.61 Å². The summed E-state index contributed by atoms with van der Waals surface area (Å²) in [6.45, 7) is 12.3. The fraction of sp³-hybridized carbons (Fsp3) is 1.00. The number of aliphatic hydroxyl groups excluding tert-OH is 1. The number of nitrogens with one attached hydrogen (secondary N) is 1. The van der Waals surface area contributed by atoms with Crippen LogP contribution in [-0.2, 0) is 0 Å². The van der Waals surface area contributed by atoms with E-state index in [0.717, 1.165) is 39.0 Å². The van der Waals surface area contributed by atoms with Crippen LogP contribution in [0.3, 0.4) is 0 Å². The minimum absolute atomic E-state index is 0.124. The smallest absolute Gasteiger partial charge is 0.0611 e. The van der Waals surface area contributed by atoms with E-state index in [-0.39, 0.29) is 12.1 Å². The molecule has 0 amide bonds. The van der Waals surface area contributed by atoms with Crippen molar-refractivity contribution in [1.82, 2.24) is 15.1 Å². The van der Waals surface area contributed by atoms with E-state index in [1.165, 1.54) is 13.0 Å². The lowest BCUT2D eigenvalue weighted by Gasteiger charge is -2.40. The molecule has 114 valence electrons. The summed E-state index contributed by atoms with van der Waals surface area (Å²) in [5.74, 6) is 0. The van der Waals surface area contributed by atoms with Gasteiger partial charge in [-0.15, -0.1) is 0 Å². The molecule has 0 bridgehead atoms. The van der Waals surface area contributed by atoms with E-state index in [2.05, 4.69) is 42.9 Å². The molecule has 0 aromatic heterocycles. The Bertz CT molecular complexity index is 250. The molecule has 0 aromatic rings. The first kappa shape index (κ1) is 16.9. The molecule has 0 aromatic carbocycles. The zero-order valence-electron chi connectivity index (χ0n) is 13.3. The quantitative estimate of drug-likeness (QED) is 0.695. The van der Waals surface area contributed by atoms with Gasteiger partial charge < -0.3 is 20.2 Å². The Kier molecular flexibility index (Phi) is 7.29. The maximum atomic E-state index is 9.59. The van der Waals surface area contributed by atoms with Crippen molar-refractivity contribution >= 4 is 0 Å². The third-order valence-electron chi connectivity index (χ3n) is 4.46. The van der Waals surface area contributed by atoms with Crippen LogP contribution in [0.5, 0.6) is 0 Å². The molecule has 2 N–H and O–H groups in total. The van der Waals surface area contributed by atoms with Gasteiger partial charge in [0.15, 0.2) is 0 Å². The number of piperazine rings is 1. The van der Waals surface area contributed by atoms with Crippen LogP contribution in [0.4, 0.5) is 0 Å². The van der Waals surface area contributed by atoms with Gasteiger partial charge in [0.1, 0.15) is 0 Å². The van der Waals surface area contributed by atoms with Crippen molar-refractivity contribution in [1.29, 1.82) is 0 Å². The zero-order valence-corrected chi connectivity index (χ0v) is 13.3. The highest BCUT2D eigenvalue weighted by molar-refractivity contribution is 4.86. The molecular weight excluding hydrogens is 238 g/mol. The highest BCUT2D eigenvalue weighted by atomic mass is 16.3. The van der Waals surface area contributed by atoms with Gasteiger partial charge in [-0.25, -0.2) is 0 Å². The number of hydrogen-bond acceptors (Lipinski definition) is 4. The van der Waals surface area contributed by atoms with E-state index in [1.54, 1.807) is 0 Å². The first-order valence-electron chi connectivity index (χ1n) is 7.83. The van der Waals surface area contributed by atoms with Crippen LogP contribution in [0, 0.1) is 0 Å². The van der Waals surface area contributed by atoms with Crippen molar-refractivity contribution in [3.8, 4) is 0 Å². The van der Waals surface area contributed by atoms with Crippen molar-refractivity contribution in [2.24, 2.45) is 0 Å². The molecule has 4 nitrogen and oxygen atoms in total. The standard InChI is InChI=1S/C15H33N3O/c1-5-8-16-15(3,13-19)7-9-18-11-10-17(4)14(6-2)12-18/h14,16,19H,5-13H2,1-4H3. The Hall–Kier alpha value is -0.160. The Balaban J connectivity index is 2.38. The second-order valence-electron chi connectivity index (χ2n) is 6.24. The molecule has 4 heteroatoms. The molecule has 0 radical (unpaired) electrons. The van der Waals surface area contributed by atoms with Gasteiger partial charge >= 0.3 is 0 Å². The third-order valence-corrected chi connectivity index (χ3v) is 4.46. The SMILES string of the molecule is CCCNC(C)(CO)CCN1CCN(C)C(CC)C1. The average molecular weight is 271 g/mol. The largest absolute Gasteiger partial charge is 0.394 e. The third kappa shape index (κ3) is 5.38. The molecule has 0 saturated carbocycles. The number of nitrogens with zero attached hydrogens (tertiary/aromatic N) is 2. The lowest BCUT2D eigenvalue weighted by molar-refractivity contribution is 0.0779. The summed E-state index contributed by atoms with van der Waals surface area (Å²) < 4.78 is 0. The van der Waals surface area contributed by atoms with Gasteiger partial charge in [0.2, 0.25) is 0 Å². The number of rotatable bonds is 8. The Morgan fingerprint density at radius 3 is 2.63 bits per heavy atom. The fourth-order valence-corrected chi connectivity index (χ4v) is 2.71. The Morgan fingerprint density at radius 1 is 1.32 bits per heavy atom. The van der Waals surface area contributed by atoms with E-state index in [1.807, 2.05) is 0 Å². The van der Waals surface area contributed by atoms with Crippen LogP contribution in [0.25, 0.3) is 0 Å². The molecule has 19 heavy (non-hydrogen) atoms. The maximum absolute atomic E-state index is 9.59. The summed E-state index contributed by atoms with van der Waals surface area (Å²) in [5.41, 5.74) is -0.124. The topological polar surface area (TPSA) is 38.7 Å². The first-order chi connectivity index (χ1) is 9.04. The summed E-state index contributed by atoms with van der Waals surface area (Å²) in [6.07, 6.45) is 3.35. The summed E-state index contributed by atoms with van der Waals surface area (Å²) in [4.78, 5) is 5.02. The van der Waals surface area contributed by atoms with Crippen molar-refractivity contribution in [3.05, 3.63) is 0 Å². The van der Waals surface area contributed by atoms with Gasteiger partial charge in [-0.3, -0.25) is 0 Å². The van der Waals surface area contributed by atoms with Gasteiger partial charge in [-0.05, 0) is 39.8 Å². The van der Waals surface area contributed by atoms with E-state index < -0.39 is 0 Å². The number of aliphatic hydroxyl groups is 1. The molecular formula is C15H33N3O. The second kappa shape index (κ2) is 8.20. The number of likely N-dealkylation sites (N-methyl/N-ethyl adjacent to an activating group) is 1. The van der Waals surface area contributed by atoms with Crippen LogP contribution in [0.15, 0.2) is 0 Å². The summed E-state index contributed by atoms with van der Waals surface area (Å²) in [6, 6.07) is 0.692. The van der Waals surface area contributed by atoms with Gasteiger partial charge in [-0.2, -0.15) is 0 Å². The molecule has 1 aliphatic rings. The molecule has 0 aliphatic carbocycles. The molecule has 1 saturated heterocycles. The van der Waals surface area contributed by atoms with Crippen molar-refractivity contribution in [2.45, 2.75) is 51.6 Å². The van der Waals surface area contributed by atoms with E-state index in [9.17, 15) is 5.11 Å². The van der Waals surface area contributed by atoms with Crippen LogP contribution >= 0.6 is 0 Å². The molecule has 2 unspecified atom stereocenters. The van der Waals surface area contributed by atoms with E-state index >= 15 is 0 Å². The summed E-state index contributed by atoms with van der Waals surface area (Å²) >= 11 is 0. The normalized spacial score (nSPS) is 25.4. The van der Waals surface area contributed by atoms with Crippen molar-refractivity contribution in [2.75, 3.05) is 46.4 Å². The van der Waals surface area contributed by atoms with Gasteiger partial charge in [0, 0.05) is 37.8 Å². The molecule has 2 atom stereocenters. The van der Waals surface area contributed by atoms with Gasteiger partial charge in [0.25, 0.3) is 0 Å². The van der Waals surface area contributed by atoms with Crippen molar-refractivity contribution < 1.29 is 5.11 Å². The van der Waals surface area contributed by atoms with Crippen LogP contribution in [0.2, 0.25) is 0 Å². The maximum Gasteiger partial charge on any atom is 0.0611 e. The second-order valence-corrected chi connectivity index (χ2v) is 6.24. The van der Waals surface area contributed by atoms with Crippen LogP contribution < -0.4 is 5.32 Å². The molecule has 1 fully saturated rings. The Morgan fingerprint density at radius 2 is 2.05 bits per heavy atom. The minimum atomic E-state index is -0.124. The lowest BCUT2D eigenvalue weighted by Crippen LogP contribution is -2.53. The highest BCUT2D eigenvalue weighted by Crippen LogP contribution is 2.14. The lowest BCUT2D eigenvalue weighted by atomic mass is 9.97. The summed E-state index contributed by atoms with van der Waals surface area (Å²) in [7, 11) is 2.23. The van der Waals surface area contributed by atoms with Gasteiger partial charge in [-0.1, -0.05) is 13.8 Å². The van der Waals surface area contributed by atoms with Crippen molar-refractivity contribution in [3.63, 3.8) is 0 Å². The predicted molar refractivity (Wildman–Crippen MR) is 81.6 cm³/mol. The molecule has 0 spiro atoms. The van der Waals surface area contributed by atoms with Crippen LogP contribution in [-0.4, -0.2) is 72.9 Å². The number of hydrogen-bond donors (Lipinski definition) is 2. The molecule has 1 heterocycles. The highest BCUT2D eigenvalue weighted by Gasteiger charge is 2.26. The Labute approximate surface area is 119 Å². The molecule has 1 rings (SSSR count). The fourth-order valence-electron chi connectivity index (χ4n) is 2.71. The zero-order chi connectivity index (χ0) is 14.3. The van der Waals surface area contributed by atoms with E-state index in [4.69, 9.17) is 0 Å². The van der Waals surface area contributed by atoms with Crippen LogP contribution in [0.1, 0.15) is 40.0 Å². The minimum Gasteiger partial charge on any atom is -0.394 e. The predicted octanol–water partition coefficient (Wildman–Crippen LogP) is 1.15. The van der Waals surface area contributed by atoms with E-state index in [0.29, 0.717) is 6.04 Å². The summed E-state index contributed by atoms with van der Waals surface area (Å²) in [5, 5.41) is 13.1.